The number of aliphatic hydroxyl groups is 1. The topological polar surface area (TPSA) is 81.8 Å². The Labute approximate surface area is 121 Å². The van der Waals surface area contributed by atoms with Crippen LogP contribution in [0.3, 0.4) is 0 Å². The van der Waals surface area contributed by atoms with Crippen molar-refractivity contribution in [1.82, 2.24) is 0 Å². The van der Waals surface area contributed by atoms with Crippen LogP contribution in [-0.4, -0.2) is 30.0 Å². The standard InChI is InChI=1S/C14H17NO4S/c1-2-18-14(17)11-12(20-8-7-16)9-5-3-4-6-10(9)19-13(11)15/h3-6,12,16H,2,7-8,15H2,1H3. The third-order valence-corrected chi connectivity index (χ3v) is 4.06. The molecular weight excluding hydrogens is 278 g/mol. The van der Waals surface area contributed by atoms with E-state index in [1.165, 1.54) is 11.8 Å². The summed E-state index contributed by atoms with van der Waals surface area (Å²) in [4.78, 5) is 12.1. The molecule has 0 radical (unpaired) electrons. The molecule has 3 N–H and O–H groups in total. The van der Waals surface area contributed by atoms with Crippen molar-refractivity contribution in [3.63, 3.8) is 0 Å². The molecule has 2 rings (SSSR count). The molecule has 0 bridgehead atoms. The largest absolute Gasteiger partial charge is 0.462 e. The number of aliphatic hydroxyl groups excluding tert-OH is 1. The van der Waals surface area contributed by atoms with E-state index < -0.39 is 5.97 Å². The highest BCUT2D eigenvalue weighted by atomic mass is 32.2. The summed E-state index contributed by atoms with van der Waals surface area (Å²) in [6.45, 7) is 2.04. The van der Waals surface area contributed by atoms with E-state index in [0.29, 0.717) is 17.1 Å². The van der Waals surface area contributed by atoms with E-state index in [9.17, 15) is 4.79 Å². The minimum atomic E-state index is -0.477. The number of benzene rings is 1. The van der Waals surface area contributed by atoms with Crippen LogP contribution in [0.25, 0.3) is 0 Å². The normalized spacial score (nSPS) is 17.4. The Bertz CT molecular complexity index is 530. The quantitative estimate of drug-likeness (QED) is 0.803. The third-order valence-electron chi connectivity index (χ3n) is 2.82. The van der Waals surface area contributed by atoms with Crippen molar-refractivity contribution in [2.45, 2.75) is 12.2 Å². The monoisotopic (exact) mass is 295 g/mol. The predicted molar refractivity (Wildman–Crippen MR) is 77.2 cm³/mol. The van der Waals surface area contributed by atoms with Crippen LogP contribution < -0.4 is 10.5 Å². The Morgan fingerprint density at radius 3 is 2.95 bits per heavy atom. The van der Waals surface area contributed by atoms with Crippen molar-refractivity contribution >= 4 is 17.7 Å². The van der Waals surface area contributed by atoms with Gasteiger partial charge in [-0.25, -0.2) is 4.79 Å². The maximum absolute atomic E-state index is 12.1. The second-order valence-corrected chi connectivity index (χ2v) is 5.33. The maximum Gasteiger partial charge on any atom is 0.340 e. The summed E-state index contributed by atoms with van der Waals surface area (Å²) in [7, 11) is 0. The minimum Gasteiger partial charge on any atom is -0.462 e. The van der Waals surface area contributed by atoms with Gasteiger partial charge in [-0.3, -0.25) is 0 Å². The van der Waals surface area contributed by atoms with Gasteiger partial charge in [0.15, 0.2) is 0 Å². The molecule has 0 saturated heterocycles. The zero-order chi connectivity index (χ0) is 14.5. The average Bonchev–Trinajstić information content (AvgIpc) is 2.44. The summed E-state index contributed by atoms with van der Waals surface area (Å²) >= 11 is 1.44. The van der Waals surface area contributed by atoms with E-state index in [1.54, 1.807) is 13.0 Å². The van der Waals surface area contributed by atoms with Gasteiger partial charge in [0, 0.05) is 11.3 Å². The number of nitrogens with two attached hydrogens (primary N) is 1. The van der Waals surface area contributed by atoms with Gasteiger partial charge < -0.3 is 20.3 Å². The van der Waals surface area contributed by atoms with Crippen LogP contribution in [0.5, 0.6) is 5.75 Å². The van der Waals surface area contributed by atoms with Crippen LogP contribution in [0.15, 0.2) is 35.7 Å². The molecule has 108 valence electrons. The summed E-state index contributed by atoms with van der Waals surface area (Å²) in [5.74, 6) is 0.718. The van der Waals surface area contributed by atoms with Crippen LogP contribution in [0.2, 0.25) is 0 Å². The first-order chi connectivity index (χ1) is 9.69. The number of fused-ring (bicyclic) bond motifs is 1. The number of carbonyl (C=O) groups excluding carboxylic acids is 1. The molecule has 1 aromatic rings. The van der Waals surface area contributed by atoms with Crippen molar-refractivity contribution in [3.05, 3.63) is 41.3 Å². The van der Waals surface area contributed by atoms with Crippen molar-refractivity contribution in [3.8, 4) is 5.75 Å². The first kappa shape index (κ1) is 14.7. The van der Waals surface area contributed by atoms with Gasteiger partial charge >= 0.3 is 5.97 Å². The Morgan fingerprint density at radius 2 is 2.25 bits per heavy atom. The number of para-hydroxylation sites is 1. The molecule has 1 aromatic carbocycles. The van der Waals surface area contributed by atoms with E-state index in [1.807, 2.05) is 18.2 Å². The van der Waals surface area contributed by atoms with Gasteiger partial charge in [0.05, 0.1) is 18.5 Å². The highest BCUT2D eigenvalue weighted by Crippen LogP contribution is 2.44. The fourth-order valence-electron chi connectivity index (χ4n) is 2.01. The lowest BCUT2D eigenvalue weighted by Gasteiger charge is -2.27. The lowest BCUT2D eigenvalue weighted by Crippen LogP contribution is -2.26. The molecular formula is C14H17NO4S. The van der Waals surface area contributed by atoms with Crippen molar-refractivity contribution < 1.29 is 19.4 Å². The number of hydrogen-bond donors (Lipinski definition) is 2. The zero-order valence-electron chi connectivity index (χ0n) is 11.2. The van der Waals surface area contributed by atoms with Gasteiger partial charge in [0.2, 0.25) is 5.88 Å². The first-order valence-corrected chi connectivity index (χ1v) is 7.40. The molecule has 1 aliphatic rings. The molecule has 6 heteroatoms. The van der Waals surface area contributed by atoms with Crippen LogP contribution >= 0.6 is 11.8 Å². The lowest BCUT2D eigenvalue weighted by atomic mass is 10.0. The highest BCUT2D eigenvalue weighted by Gasteiger charge is 2.34. The van der Waals surface area contributed by atoms with E-state index in [2.05, 4.69) is 0 Å². The van der Waals surface area contributed by atoms with Crippen molar-refractivity contribution in [2.24, 2.45) is 5.73 Å². The zero-order valence-corrected chi connectivity index (χ0v) is 12.0. The lowest BCUT2D eigenvalue weighted by molar-refractivity contribution is -0.138. The Hall–Kier alpha value is -1.66. The number of hydrogen-bond acceptors (Lipinski definition) is 6. The van der Waals surface area contributed by atoms with Crippen LogP contribution in [0.1, 0.15) is 17.7 Å². The number of carbonyl (C=O) groups is 1. The average molecular weight is 295 g/mol. The number of ether oxygens (including phenoxy) is 2. The highest BCUT2D eigenvalue weighted by molar-refractivity contribution is 7.99. The Morgan fingerprint density at radius 1 is 1.50 bits per heavy atom. The van der Waals surface area contributed by atoms with Gasteiger partial charge in [-0.1, -0.05) is 18.2 Å². The molecule has 1 atom stereocenters. The molecule has 0 amide bonds. The van der Waals surface area contributed by atoms with Crippen molar-refractivity contribution in [1.29, 1.82) is 0 Å². The Kier molecular flexibility index (Phi) is 4.92. The molecule has 1 heterocycles. The smallest absolute Gasteiger partial charge is 0.340 e. The molecule has 0 aliphatic carbocycles. The summed E-state index contributed by atoms with van der Waals surface area (Å²) in [6.07, 6.45) is 0. The summed E-state index contributed by atoms with van der Waals surface area (Å²) in [5, 5.41) is 8.74. The van der Waals surface area contributed by atoms with E-state index in [4.69, 9.17) is 20.3 Å². The maximum atomic E-state index is 12.1. The minimum absolute atomic E-state index is 0.0280. The number of esters is 1. The van der Waals surface area contributed by atoms with E-state index in [-0.39, 0.29) is 24.3 Å². The molecule has 5 nitrogen and oxygen atoms in total. The summed E-state index contributed by atoms with van der Waals surface area (Å²) in [6, 6.07) is 7.40. The molecule has 0 spiro atoms. The van der Waals surface area contributed by atoms with Gasteiger partial charge in [0.1, 0.15) is 11.3 Å². The van der Waals surface area contributed by atoms with Gasteiger partial charge in [-0.15, -0.1) is 11.8 Å². The van der Waals surface area contributed by atoms with Crippen LogP contribution in [0, 0.1) is 0 Å². The number of rotatable bonds is 5. The molecule has 0 aromatic heterocycles. The molecule has 20 heavy (non-hydrogen) atoms. The summed E-state index contributed by atoms with van der Waals surface area (Å²) in [5.41, 5.74) is 7.04. The number of thioether (sulfide) groups is 1. The molecule has 0 saturated carbocycles. The summed E-state index contributed by atoms with van der Waals surface area (Å²) < 4.78 is 10.5. The molecule has 0 fully saturated rings. The Balaban J connectivity index is 2.39. The van der Waals surface area contributed by atoms with Crippen LogP contribution in [0.4, 0.5) is 0 Å². The van der Waals surface area contributed by atoms with Gasteiger partial charge in [-0.2, -0.15) is 0 Å². The fraction of sp³-hybridized carbons (Fsp3) is 0.357. The molecule has 1 unspecified atom stereocenters. The van der Waals surface area contributed by atoms with E-state index in [0.717, 1.165) is 5.56 Å². The van der Waals surface area contributed by atoms with Crippen LogP contribution in [-0.2, 0) is 9.53 Å². The van der Waals surface area contributed by atoms with E-state index >= 15 is 0 Å². The molecule has 1 aliphatic heterocycles. The van der Waals surface area contributed by atoms with Crippen molar-refractivity contribution in [2.75, 3.05) is 19.0 Å². The third kappa shape index (κ3) is 2.91. The second kappa shape index (κ2) is 6.67. The SMILES string of the molecule is CCOC(=O)C1=C(N)Oc2ccccc2C1SCCO. The predicted octanol–water partition coefficient (Wildman–Crippen LogP) is 1.58. The first-order valence-electron chi connectivity index (χ1n) is 6.35. The fourth-order valence-corrected chi connectivity index (χ4v) is 3.10. The van der Waals surface area contributed by atoms with Gasteiger partial charge in [-0.05, 0) is 13.0 Å². The van der Waals surface area contributed by atoms with Gasteiger partial charge in [0.25, 0.3) is 0 Å². The second-order valence-electron chi connectivity index (χ2n) is 4.11.